The van der Waals surface area contributed by atoms with Crippen molar-refractivity contribution in [3.63, 3.8) is 0 Å². The van der Waals surface area contributed by atoms with Crippen LogP contribution in [-0.2, 0) is 4.74 Å². The molecular formula is C17H25FN2O2. The molecule has 1 fully saturated rings. The number of hydrogen-bond donors (Lipinski definition) is 0. The van der Waals surface area contributed by atoms with Crippen molar-refractivity contribution in [3.05, 3.63) is 35.6 Å². The highest BCUT2D eigenvalue weighted by molar-refractivity contribution is 5.94. The SMILES string of the molecule is CC(C)OCCN1CCCN(C(=O)c2cccc(F)c2)CC1. The van der Waals surface area contributed by atoms with Crippen molar-refractivity contribution in [2.45, 2.75) is 26.4 Å². The maximum Gasteiger partial charge on any atom is 0.254 e. The van der Waals surface area contributed by atoms with Crippen LogP contribution >= 0.6 is 0 Å². The molecular weight excluding hydrogens is 283 g/mol. The molecule has 0 saturated carbocycles. The fraction of sp³-hybridized carbons (Fsp3) is 0.588. The average Bonchev–Trinajstić information content (AvgIpc) is 2.72. The molecule has 0 spiro atoms. The van der Waals surface area contributed by atoms with Gasteiger partial charge in [0.1, 0.15) is 5.82 Å². The van der Waals surface area contributed by atoms with Gasteiger partial charge in [-0.15, -0.1) is 0 Å². The summed E-state index contributed by atoms with van der Waals surface area (Å²) in [6, 6.07) is 5.91. The van der Waals surface area contributed by atoms with E-state index in [0.717, 1.165) is 39.2 Å². The molecule has 1 aromatic rings. The molecule has 0 unspecified atom stereocenters. The minimum atomic E-state index is -0.367. The number of benzene rings is 1. The normalized spacial score (nSPS) is 16.8. The van der Waals surface area contributed by atoms with Crippen LogP contribution in [0.2, 0.25) is 0 Å². The first-order valence-corrected chi connectivity index (χ1v) is 7.95. The number of amides is 1. The summed E-state index contributed by atoms with van der Waals surface area (Å²) in [6.07, 6.45) is 1.18. The molecule has 4 nitrogen and oxygen atoms in total. The Morgan fingerprint density at radius 1 is 1.27 bits per heavy atom. The third-order valence-electron chi connectivity index (χ3n) is 3.81. The lowest BCUT2D eigenvalue weighted by Crippen LogP contribution is -2.36. The van der Waals surface area contributed by atoms with Gasteiger partial charge >= 0.3 is 0 Å². The Morgan fingerprint density at radius 2 is 2.09 bits per heavy atom. The first-order chi connectivity index (χ1) is 10.6. The summed E-state index contributed by atoms with van der Waals surface area (Å²) < 4.78 is 18.8. The van der Waals surface area contributed by atoms with Crippen LogP contribution in [0, 0.1) is 5.82 Å². The van der Waals surface area contributed by atoms with Gasteiger partial charge in [-0.05, 0) is 45.0 Å². The van der Waals surface area contributed by atoms with Gasteiger partial charge in [0.05, 0.1) is 12.7 Å². The molecule has 1 aliphatic rings. The quantitative estimate of drug-likeness (QED) is 0.837. The number of nitrogens with zero attached hydrogens (tertiary/aromatic N) is 2. The van der Waals surface area contributed by atoms with Crippen molar-refractivity contribution in [2.24, 2.45) is 0 Å². The number of halogens is 1. The van der Waals surface area contributed by atoms with E-state index in [9.17, 15) is 9.18 Å². The molecule has 1 aliphatic heterocycles. The third kappa shape index (κ3) is 5.07. The summed E-state index contributed by atoms with van der Waals surface area (Å²) in [7, 11) is 0. The monoisotopic (exact) mass is 308 g/mol. The van der Waals surface area contributed by atoms with Gasteiger partial charge in [-0.3, -0.25) is 9.69 Å². The zero-order chi connectivity index (χ0) is 15.9. The molecule has 0 N–H and O–H groups in total. The maximum atomic E-state index is 13.2. The van der Waals surface area contributed by atoms with Gasteiger partial charge in [0.2, 0.25) is 0 Å². The van der Waals surface area contributed by atoms with Crippen molar-refractivity contribution in [1.29, 1.82) is 0 Å². The average molecular weight is 308 g/mol. The molecule has 22 heavy (non-hydrogen) atoms. The van der Waals surface area contributed by atoms with E-state index in [1.54, 1.807) is 12.1 Å². The first-order valence-electron chi connectivity index (χ1n) is 7.95. The molecule has 122 valence electrons. The van der Waals surface area contributed by atoms with Crippen molar-refractivity contribution in [1.82, 2.24) is 9.80 Å². The molecule has 1 amide bonds. The van der Waals surface area contributed by atoms with Crippen LogP contribution in [0.3, 0.4) is 0 Å². The largest absolute Gasteiger partial charge is 0.377 e. The summed E-state index contributed by atoms with van der Waals surface area (Å²) in [5.74, 6) is -0.451. The first kappa shape index (κ1) is 16.9. The topological polar surface area (TPSA) is 32.8 Å². The zero-order valence-electron chi connectivity index (χ0n) is 13.4. The van der Waals surface area contributed by atoms with Crippen LogP contribution in [0.1, 0.15) is 30.6 Å². The molecule has 0 aromatic heterocycles. The van der Waals surface area contributed by atoms with E-state index in [0.29, 0.717) is 12.1 Å². The number of carbonyl (C=O) groups excluding carboxylic acids is 1. The molecule has 2 rings (SSSR count). The summed E-state index contributed by atoms with van der Waals surface area (Å²) in [5, 5.41) is 0. The molecule has 0 aliphatic carbocycles. The van der Waals surface area contributed by atoms with Gasteiger partial charge in [0, 0.05) is 31.7 Å². The highest BCUT2D eigenvalue weighted by Crippen LogP contribution is 2.11. The second kappa shape index (κ2) is 8.25. The van der Waals surface area contributed by atoms with Gasteiger partial charge in [-0.2, -0.15) is 0 Å². The Kier molecular flexibility index (Phi) is 6.34. The minimum absolute atomic E-state index is 0.0835. The molecule has 0 bridgehead atoms. The lowest BCUT2D eigenvalue weighted by atomic mass is 10.2. The van der Waals surface area contributed by atoms with Crippen LogP contribution in [0.25, 0.3) is 0 Å². The molecule has 5 heteroatoms. The molecule has 1 aromatic carbocycles. The Bertz CT molecular complexity index is 493. The van der Waals surface area contributed by atoms with E-state index in [4.69, 9.17) is 4.74 Å². The van der Waals surface area contributed by atoms with Gasteiger partial charge in [0.25, 0.3) is 5.91 Å². The number of ether oxygens (including phenoxy) is 1. The van der Waals surface area contributed by atoms with Crippen LogP contribution in [0.15, 0.2) is 24.3 Å². The van der Waals surface area contributed by atoms with E-state index in [2.05, 4.69) is 4.90 Å². The van der Waals surface area contributed by atoms with Gasteiger partial charge in [0.15, 0.2) is 0 Å². The lowest BCUT2D eigenvalue weighted by molar-refractivity contribution is 0.0592. The summed E-state index contributed by atoms with van der Waals surface area (Å²) in [5.41, 5.74) is 0.427. The number of hydrogen-bond acceptors (Lipinski definition) is 3. The van der Waals surface area contributed by atoms with E-state index >= 15 is 0 Å². The second-order valence-electron chi connectivity index (χ2n) is 5.92. The van der Waals surface area contributed by atoms with Crippen LogP contribution < -0.4 is 0 Å². The summed E-state index contributed by atoms with van der Waals surface area (Å²) in [4.78, 5) is 16.6. The van der Waals surface area contributed by atoms with Crippen LogP contribution in [-0.4, -0.2) is 61.1 Å². The molecule has 0 radical (unpaired) electrons. The van der Waals surface area contributed by atoms with Crippen molar-refractivity contribution in [3.8, 4) is 0 Å². The fourth-order valence-corrected chi connectivity index (χ4v) is 2.62. The predicted octanol–water partition coefficient (Wildman–Crippen LogP) is 2.40. The van der Waals surface area contributed by atoms with Gasteiger partial charge in [-0.25, -0.2) is 4.39 Å². The highest BCUT2D eigenvalue weighted by Gasteiger charge is 2.20. The van der Waals surface area contributed by atoms with E-state index in [-0.39, 0.29) is 17.8 Å². The fourth-order valence-electron chi connectivity index (χ4n) is 2.62. The van der Waals surface area contributed by atoms with E-state index in [1.807, 2.05) is 18.7 Å². The van der Waals surface area contributed by atoms with Gasteiger partial charge in [-0.1, -0.05) is 6.07 Å². The van der Waals surface area contributed by atoms with Crippen molar-refractivity contribution < 1.29 is 13.9 Å². The van der Waals surface area contributed by atoms with Crippen molar-refractivity contribution >= 4 is 5.91 Å². The highest BCUT2D eigenvalue weighted by atomic mass is 19.1. The summed E-state index contributed by atoms with van der Waals surface area (Å²) in [6.45, 7) is 8.87. The smallest absolute Gasteiger partial charge is 0.254 e. The van der Waals surface area contributed by atoms with Crippen LogP contribution in [0.4, 0.5) is 4.39 Å². The number of carbonyl (C=O) groups is 1. The number of rotatable bonds is 5. The Morgan fingerprint density at radius 3 is 2.82 bits per heavy atom. The molecule has 0 atom stereocenters. The van der Waals surface area contributed by atoms with Crippen LogP contribution in [0.5, 0.6) is 0 Å². The standard InChI is InChI=1S/C17H25FN2O2/c1-14(2)22-12-11-19-7-4-8-20(10-9-19)17(21)15-5-3-6-16(18)13-15/h3,5-6,13-14H,4,7-12H2,1-2H3. The molecule has 1 heterocycles. The van der Waals surface area contributed by atoms with Gasteiger partial charge < -0.3 is 9.64 Å². The Hall–Kier alpha value is -1.46. The Labute approximate surface area is 131 Å². The lowest BCUT2D eigenvalue weighted by Gasteiger charge is -2.22. The van der Waals surface area contributed by atoms with E-state index < -0.39 is 0 Å². The maximum absolute atomic E-state index is 13.2. The minimum Gasteiger partial charge on any atom is -0.377 e. The third-order valence-corrected chi connectivity index (χ3v) is 3.81. The Balaban J connectivity index is 1.86. The van der Waals surface area contributed by atoms with Crippen molar-refractivity contribution in [2.75, 3.05) is 39.3 Å². The second-order valence-corrected chi connectivity index (χ2v) is 5.92. The molecule has 1 saturated heterocycles. The zero-order valence-corrected chi connectivity index (χ0v) is 13.4. The summed E-state index contributed by atoms with van der Waals surface area (Å²) >= 11 is 0. The predicted molar refractivity (Wildman–Crippen MR) is 84.4 cm³/mol. The van der Waals surface area contributed by atoms with E-state index in [1.165, 1.54) is 12.1 Å².